The lowest BCUT2D eigenvalue weighted by molar-refractivity contribution is 0.616. The molecule has 0 unspecified atom stereocenters. The number of aromatic nitrogens is 2. The highest BCUT2D eigenvalue weighted by Crippen LogP contribution is 2.22. The topological polar surface area (TPSA) is 79.1 Å². The van der Waals surface area contributed by atoms with E-state index in [4.69, 9.17) is 5.73 Å². The van der Waals surface area contributed by atoms with Gasteiger partial charge in [0.15, 0.2) is 0 Å². The summed E-state index contributed by atoms with van der Waals surface area (Å²) in [6, 6.07) is 2.90. The fraction of sp³-hybridized carbons (Fsp3) is 0.692. The standard InChI is InChI=1S/C13H24N6/c1-4-9(2)16-11-7-12(18-13(14)17-11)19-6-5-10(8-19)15-3/h7,9-10,15H,4-6,8H2,1-3H3,(H3,14,16,17,18)/t9-,10+/m0/s1. The molecule has 2 rings (SSSR count). The van der Waals surface area contributed by atoms with Crippen molar-refractivity contribution in [1.82, 2.24) is 15.3 Å². The van der Waals surface area contributed by atoms with E-state index in [2.05, 4.69) is 39.3 Å². The molecule has 1 aliphatic rings. The van der Waals surface area contributed by atoms with Crippen molar-refractivity contribution in [2.75, 3.05) is 36.1 Å². The molecule has 1 aromatic heterocycles. The van der Waals surface area contributed by atoms with Gasteiger partial charge in [0.1, 0.15) is 11.6 Å². The molecule has 0 aromatic carbocycles. The van der Waals surface area contributed by atoms with Crippen molar-refractivity contribution < 1.29 is 0 Å². The quantitative estimate of drug-likeness (QED) is 0.738. The molecule has 0 saturated carbocycles. The SMILES string of the molecule is CC[C@H](C)Nc1cc(N2CC[C@@H](NC)C2)nc(N)n1. The Bertz CT molecular complexity index is 422. The molecule has 4 N–H and O–H groups in total. The second kappa shape index (κ2) is 6.06. The van der Waals surface area contributed by atoms with Gasteiger partial charge in [-0.2, -0.15) is 9.97 Å². The summed E-state index contributed by atoms with van der Waals surface area (Å²) in [5.74, 6) is 2.05. The Morgan fingerprint density at radius 2 is 2.32 bits per heavy atom. The maximum atomic E-state index is 5.81. The molecule has 2 atom stereocenters. The lowest BCUT2D eigenvalue weighted by Crippen LogP contribution is -2.30. The highest BCUT2D eigenvalue weighted by molar-refractivity contribution is 5.53. The summed E-state index contributed by atoms with van der Waals surface area (Å²) in [4.78, 5) is 10.8. The monoisotopic (exact) mass is 264 g/mol. The minimum Gasteiger partial charge on any atom is -0.368 e. The molecule has 0 aliphatic carbocycles. The van der Waals surface area contributed by atoms with Gasteiger partial charge in [-0.1, -0.05) is 6.92 Å². The third-order valence-electron chi connectivity index (χ3n) is 3.66. The predicted molar refractivity (Wildman–Crippen MR) is 79.5 cm³/mol. The molecule has 6 nitrogen and oxygen atoms in total. The highest BCUT2D eigenvalue weighted by Gasteiger charge is 2.22. The normalized spacial score (nSPS) is 20.6. The van der Waals surface area contributed by atoms with Gasteiger partial charge in [0.25, 0.3) is 0 Å². The van der Waals surface area contributed by atoms with Crippen LogP contribution in [0.15, 0.2) is 6.07 Å². The molecule has 1 fully saturated rings. The van der Waals surface area contributed by atoms with Crippen LogP contribution in [0.4, 0.5) is 17.6 Å². The van der Waals surface area contributed by atoms with Crippen LogP contribution in [0.3, 0.4) is 0 Å². The molecule has 0 spiro atoms. The van der Waals surface area contributed by atoms with Crippen molar-refractivity contribution >= 4 is 17.6 Å². The first-order valence-electron chi connectivity index (χ1n) is 6.95. The fourth-order valence-corrected chi connectivity index (χ4v) is 2.25. The van der Waals surface area contributed by atoms with Gasteiger partial charge in [-0.05, 0) is 26.8 Å². The Labute approximate surface area is 114 Å². The number of nitrogens with one attached hydrogen (secondary N) is 2. The maximum Gasteiger partial charge on any atom is 0.223 e. The summed E-state index contributed by atoms with van der Waals surface area (Å²) in [7, 11) is 2.00. The summed E-state index contributed by atoms with van der Waals surface area (Å²) in [6.45, 7) is 6.24. The van der Waals surface area contributed by atoms with Crippen LogP contribution in [-0.2, 0) is 0 Å². The number of rotatable bonds is 5. The lowest BCUT2D eigenvalue weighted by Gasteiger charge is -2.19. The van der Waals surface area contributed by atoms with E-state index in [1.54, 1.807) is 0 Å². The van der Waals surface area contributed by atoms with Crippen LogP contribution in [0.5, 0.6) is 0 Å². The van der Waals surface area contributed by atoms with Gasteiger partial charge >= 0.3 is 0 Å². The van der Waals surface area contributed by atoms with Gasteiger partial charge < -0.3 is 21.3 Å². The Morgan fingerprint density at radius 3 is 2.95 bits per heavy atom. The molecule has 0 radical (unpaired) electrons. The van der Waals surface area contributed by atoms with Crippen molar-refractivity contribution in [3.05, 3.63) is 6.07 Å². The molecule has 6 heteroatoms. The molecule has 1 aliphatic heterocycles. The maximum absolute atomic E-state index is 5.81. The molecule has 106 valence electrons. The fourth-order valence-electron chi connectivity index (χ4n) is 2.25. The van der Waals surface area contributed by atoms with Gasteiger partial charge in [0.2, 0.25) is 5.95 Å². The van der Waals surface area contributed by atoms with Crippen LogP contribution < -0.4 is 21.3 Å². The highest BCUT2D eigenvalue weighted by atomic mass is 15.3. The number of likely N-dealkylation sites (N-methyl/N-ethyl adjacent to an activating group) is 1. The van der Waals surface area contributed by atoms with Gasteiger partial charge in [-0.3, -0.25) is 0 Å². The van der Waals surface area contributed by atoms with Crippen molar-refractivity contribution in [2.45, 2.75) is 38.8 Å². The van der Waals surface area contributed by atoms with Gasteiger partial charge in [-0.25, -0.2) is 0 Å². The molecule has 0 amide bonds. The number of anilines is 3. The summed E-state index contributed by atoms with van der Waals surface area (Å²) in [5, 5.41) is 6.65. The van der Waals surface area contributed by atoms with E-state index in [9.17, 15) is 0 Å². The molecule has 2 heterocycles. The second-order valence-corrected chi connectivity index (χ2v) is 5.14. The average Bonchev–Trinajstić information content (AvgIpc) is 2.86. The van der Waals surface area contributed by atoms with E-state index >= 15 is 0 Å². The van der Waals surface area contributed by atoms with E-state index < -0.39 is 0 Å². The number of hydrogen-bond acceptors (Lipinski definition) is 6. The number of nitrogens with two attached hydrogens (primary N) is 1. The smallest absolute Gasteiger partial charge is 0.223 e. The number of nitrogens with zero attached hydrogens (tertiary/aromatic N) is 3. The van der Waals surface area contributed by atoms with Crippen molar-refractivity contribution in [2.24, 2.45) is 0 Å². The first-order chi connectivity index (χ1) is 9.12. The molecular weight excluding hydrogens is 240 g/mol. The van der Waals surface area contributed by atoms with Crippen LogP contribution in [0.1, 0.15) is 26.7 Å². The Balaban J connectivity index is 2.12. The first kappa shape index (κ1) is 13.9. The number of hydrogen-bond donors (Lipinski definition) is 3. The van der Waals surface area contributed by atoms with E-state index in [-0.39, 0.29) is 0 Å². The molecule has 0 bridgehead atoms. The van der Waals surface area contributed by atoms with Crippen LogP contribution in [-0.4, -0.2) is 42.2 Å². The lowest BCUT2D eigenvalue weighted by atomic mass is 10.2. The zero-order valence-electron chi connectivity index (χ0n) is 12.0. The largest absolute Gasteiger partial charge is 0.368 e. The molecule has 19 heavy (non-hydrogen) atoms. The Kier molecular flexibility index (Phi) is 4.42. The van der Waals surface area contributed by atoms with Crippen LogP contribution in [0, 0.1) is 0 Å². The summed E-state index contributed by atoms with van der Waals surface area (Å²) >= 11 is 0. The van der Waals surface area contributed by atoms with Gasteiger partial charge in [0, 0.05) is 31.2 Å². The van der Waals surface area contributed by atoms with E-state index in [0.717, 1.165) is 37.6 Å². The second-order valence-electron chi connectivity index (χ2n) is 5.14. The van der Waals surface area contributed by atoms with Gasteiger partial charge in [0.05, 0.1) is 0 Å². The summed E-state index contributed by atoms with van der Waals surface area (Å²) < 4.78 is 0. The van der Waals surface area contributed by atoms with E-state index in [1.165, 1.54) is 0 Å². The van der Waals surface area contributed by atoms with Crippen LogP contribution >= 0.6 is 0 Å². The Hall–Kier alpha value is -1.56. The Morgan fingerprint density at radius 1 is 1.53 bits per heavy atom. The summed E-state index contributed by atoms with van der Waals surface area (Å²) in [6.07, 6.45) is 2.18. The minimum absolute atomic E-state index is 0.330. The van der Waals surface area contributed by atoms with Crippen molar-refractivity contribution in [3.8, 4) is 0 Å². The van der Waals surface area contributed by atoms with Crippen LogP contribution in [0.25, 0.3) is 0 Å². The zero-order chi connectivity index (χ0) is 13.8. The third kappa shape index (κ3) is 3.47. The van der Waals surface area contributed by atoms with Crippen molar-refractivity contribution in [3.63, 3.8) is 0 Å². The van der Waals surface area contributed by atoms with Crippen LogP contribution in [0.2, 0.25) is 0 Å². The number of nitrogen functional groups attached to an aromatic ring is 1. The predicted octanol–water partition coefficient (Wildman–Crippen LogP) is 1.07. The summed E-state index contributed by atoms with van der Waals surface area (Å²) in [5.41, 5.74) is 5.81. The zero-order valence-corrected chi connectivity index (χ0v) is 12.0. The van der Waals surface area contributed by atoms with E-state index in [0.29, 0.717) is 18.0 Å². The van der Waals surface area contributed by atoms with Crippen molar-refractivity contribution in [1.29, 1.82) is 0 Å². The molecular formula is C13H24N6. The average molecular weight is 264 g/mol. The van der Waals surface area contributed by atoms with E-state index in [1.807, 2.05) is 13.1 Å². The first-order valence-corrected chi connectivity index (χ1v) is 6.95. The molecule has 1 aromatic rings. The van der Waals surface area contributed by atoms with Gasteiger partial charge in [-0.15, -0.1) is 0 Å². The minimum atomic E-state index is 0.330. The molecule has 1 saturated heterocycles. The third-order valence-corrected chi connectivity index (χ3v) is 3.66.